The lowest BCUT2D eigenvalue weighted by Crippen LogP contribution is -2.33. The van der Waals surface area contributed by atoms with Crippen molar-refractivity contribution in [2.75, 3.05) is 0 Å². The summed E-state index contributed by atoms with van der Waals surface area (Å²) < 4.78 is 68.9. The third kappa shape index (κ3) is 6.12. The van der Waals surface area contributed by atoms with Gasteiger partial charge in [0.15, 0.2) is 0 Å². The van der Waals surface area contributed by atoms with Gasteiger partial charge in [-0.2, -0.15) is 8.42 Å². The average molecular weight is 413 g/mol. The minimum atomic E-state index is -6.00. The molecule has 0 atom stereocenters. The van der Waals surface area contributed by atoms with E-state index in [2.05, 4.69) is 9.63 Å². The molecule has 0 amide bonds. The van der Waals surface area contributed by atoms with Crippen molar-refractivity contribution in [2.24, 2.45) is 9.63 Å². The van der Waals surface area contributed by atoms with E-state index in [-0.39, 0.29) is 4.90 Å². The number of sulfonamides is 1. The molecule has 5 nitrogen and oxygen atoms in total. The molecule has 0 aliphatic rings. The number of rotatable bonds is 4. The van der Waals surface area contributed by atoms with E-state index in [9.17, 15) is 25.7 Å². The number of hydrogen-bond acceptors (Lipinski definition) is 3. The molecule has 0 saturated carbocycles. The number of aromatic nitrogens is 1. The Balaban J connectivity index is 0.000000500. The first-order valence-electron chi connectivity index (χ1n) is 8.14. The molecule has 0 aliphatic carbocycles. The van der Waals surface area contributed by atoms with E-state index in [0.717, 1.165) is 10.9 Å². The third-order valence-corrected chi connectivity index (χ3v) is 4.69. The number of hydrogen-bond donors (Lipinski definition) is 0. The Bertz CT molecular complexity index is 1070. The van der Waals surface area contributed by atoms with Crippen LogP contribution < -0.4 is 4.57 Å². The fourth-order valence-electron chi connectivity index (χ4n) is 2.41. The molecule has 2 aromatic carbocycles. The van der Waals surface area contributed by atoms with E-state index in [1.165, 1.54) is 12.1 Å². The van der Waals surface area contributed by atoms with Crippen LogP contribution in [0.4, 0.5) is 23.1 Å². The van der Waals surface area contributed by atoms with Crippen molar-refractivity contribution < 1.29 is 30.2 Å². The average Bonchev–Trinajstić information content (AvgIpc) is 2.65. The van der Waals surface area contributed by atoms with Gasteiger partial charge < -0.3 is 17.3 Å². The number of aryl methyl sites for hydroxylation is 1. The number of halogens is 4. The summed E-state index contributed by atoms with van der Waals surface area (Å²) in [6.07, 6.45) is 0. The molecule has 0 radical (unpaired) electrons. The Morgan fingerprint density at radius 1 is 0.893 bits per heavy atom. The lowest BCUT2D eigenvalue weighted by molar-refractivity contribution is -0.655. The number of benzene rings is 2. The third-order valence-electron chi connectivity index (χ3n) is 3.52. The van der Waals surface area contributed by atoms with E-state index in [0.29, 0.717) is 12.4 Å². The molecular formula is C17H16BF4N3O2S. The smallest absolute Gasteiger partial charge is 0.418 e. The van der Waals surface area contributed by atoms with Crippen LogP contribution in [0.25, 0.3) is 10.9 Å². The van der Waals surface area contributed by atoms with Gasteiger partial charge in [-0.25, -0.2) is 4.57 Å². The van der Waals surface area contributed by atoms with Gasteiger partial charge in [0.2, 0.25) is 0 Å². The van der Waals surface area contributed by atoms with Gasteiger partial charge in [-0.3, -0.25) is 0 Å². The van der Waals surface area contributed by atoms with Gasteiger partial charge >= 0.3 is 23.1 Å². The standard InChI is InChI=1S/C17H16N3O2S.BF4/c1-2-20-16-11-7-6-8-14(16)12-13-17(20)18-19-23(21,22)15-9-4-3-5-10-15;2-1(3,4)5/h3-13H,2H2,1H3;/q+1;-1. The molecule has 0 fully saturated rings. The summed E-state index contributed by atoms with van der Waals surface area (Å²) in [5.74, 6) is 0.505. The van der Waals surface area contributed by atoms with Gasteiger partial charge in [0, 0.05) is 11.5 Å². The second kappa shape index (κ2) is 8.92. The molecule has 28 heavy (non-hydrogen) atoms. The van der Waals surface area contributed by atoms with Crippen molar-refractivity contribution in [3.8, 4) is 0 Å². The van der Waals surface area contributed by atoms with Crippen LogP contribution in [-0.4, -0.2) is 15.7 Å². The van der Waals surface area contributed by atoms with Crippen LogP contribution in [0.5, 0.6) is 0 Å². The SMILES string of the molecule is CC[n+]1c(N=NS(=O)(=O)c2ccccc2)ccc2ccccc21.F[B-](F)(F)F. The first-order valence-corrected chi connectivity index (χ1v) is 9.58. The summed E-state index contributed by atoms with van der Waals surface area (Å²) in [5, 5.41) is 5.04. The Labute approximate surface area is 159 Å². The Morgan fingerprint density at radius 3 is 2.07 bits per heavy atom. The lowest BCUT2D eigenvalue weighted by atomic mass is 10.2. The highest BCUT2D eigenvalue weighted by Gasteiger charge is 2.20. The maximum absolute atomic E-state index is 12.2. The van der Waals surface area contributed by atoms with Crippen molar-refractivity contribution >= 4 is 34.0 Å². The van der Waals surface area contributed by atoms with Crippen molar-refractivity contribution in [2.45, 2.75) is 18.4 Å². The van der Waals surface area contributed by atoms with Crippen molar-refractivity contribution in [3.05, 3.63) is 66.7 Å². The molecular weight excluding hydrogens is 397 g/mol. The molecule has 3 aromatic rings. The predicted molar refractivity (Wildman–Crippen MR) is 98.1 cm³/mol. The number of pyridine rings is 1. The van der Waals surface area contributed by atoms with E-state index < -0.39 is 17.3 Å². The van der Waals surface area contributed by atoms with Gasteiger partial charge in [0.25, 0.3) is 0 Å². The van der Waals surface area contributed by atoms with Gasteiger partial charge in [0.1, 0.15) is 5.52 Å². The fourth-order valence-corrected chi connectivity index (χ4v) is 3.19. The summed E-state index contributed by atoms with van der Waals surface area (Å²) in [7, 11) is -9.79. The van der Waals surface area contributed by atoms with Crippen LogP contribution in [-0.2, 0) is 16.6 Å². The van der Waals surface area contributed by atoms with Crippen molar-refractivity contribution in [1.29, 1.82) is 0 Å². The lowest BCUT2D eigenvalue weighted by Gasteiger charge is -2.03. The minimum absolute atomic E-state index is 0.132. The van der Waals surface area contributed by atoms with E-state index >= 15 is 0 Å². The van der Waals surface area contributed by atoms with Crippen LogP contribution in [0, 0.1) is 0 Å². The molecule has 0 unspecified atom stereocenters. The molecule has 1 heterocycles. The van der Waals surface area contributed by atoms with E-state index in [1.54, 1.807) is 24.3 Å². The molecule has 0 saturated heterocycles. The summed E-state index contributed by atoms with van der Waals surface area (Å²) in [6.45, 7) is 2.65. The van der Waals surface area contributed by atoms with Crippen LogP contribution >= 0.6 is 0 Å². The number of nitrogens with zero attached hydrogens (tertiary/aromatic N) is 3. The highest BCUT2D eigenvalue weighted by Crippen LogP contribution is 2.18. The van der Waals surface area contributed by atoms with Crippen LogP contribution in [0.2, 0.25) is 0 Å². The molecule has 11 heteroatoms. The molecule has 3 rings (SSSR count). The monoisotopic (exact) mass is 413 g/mol. The van der Waals surface area contributed by atoms with E-state index in [4.69, 9.17) is 0 Å². The Kier molecular flexibility index (Phi) is 6.84. The molecule has 148 valence electrons. The molecule has 1 aromatic heterocycles. The zero-order valence-electron chi connectivity index (χ0n) is 14.7. The minimum Gasteiger partial charge on any atom is -0.418 e. The second-order valence-electron chi connectivity index (χ2n) is 5.46. The van der Waals surface area contributed by atoms with Gasteiger partial charge in [-0.05, 0) is 31.2 Å². The summed E-state index contributed by atoms with van der Waals surface area (Å²) in [5.41, 5.74) is 0.989. The first kappa shape index (κ1) is 21.5. The zero-order valence-corrected chi connectivity index (χ0v) is 15.5. The quantitative estimate of drug-likeness (QED) is 0.264. The van der Waals surface area contributed by atoms with Crippen LogP contribution in [0.15, 0.2) is 81.3 Å². The largest absolute Gasteiger partial charge is 0.673 e. The number of fused-ring (bicyclic) bond motifs is 1. The van der Waals surface area contributed by atoms with Crippen LogP contribution in [0.1, 0.15) is 6.92 Å². The van der Waals surface area contributed by atoms with Gasteiger partial charge in [0.05, 0.1) is 21.1 Å². The summed E-state index contributed by atoms with van der Waals surface area (Å²) in [4.78, 5) is 0.132. The zero-order chi connectivity index (χ0) is 20.8. The van der Waals surface area contributed by atoms with Gasteiger partial charge in [-0.1, -0.05) is 36.4 Å². The maximum Gasteiger partial charge on any atom is 0.673 e. The Morgan fingerprint density at radius 2 is 1.46 bits per heavy atom. The van der Waals surface area contributed by atoms with E-state index in [1.807, 2.05) is 41.8 Å². The van der Waals surface area contributed by atoms with Crippen molar-refractivity contribution in [1.82, 2.24) is 0 Å². The highest BCUT2D eigenvalue weighted by molar-refractivity contribution is 7.90. The first-order chi connectivity index (χ1) is 13.1. The normalized spacial score (nSPS) is 12.0. The van der Waals surface area contributed by atoms with Crippen molar-refractivity contribution in [3.63, 3.8) is 0 Å². The van der Waals surface area contributed by atoms with Crippen LogP contribution in [0.3, 0.4) is 0 Å². The second-order valence-corrected chi connectivity index (χ2v) is 7.04. The Hall–Kier alpha value is -2.82. The fraction of sp³-hybridized carbons (Fsp3) is 0.118. The maximum atomic E-state index is 12.2. The predicted octanol–water partition coefficient (Wildman–Crippen LogP) is 4.92. The molecule has 0 bridgehead atoms. The molecule has 0 aliphatic heterocycles. The van der Waals surface area contributed by atoms with Gasteiger partial charge in [-0.15, -0.1) is 0 Å². The molecule has 0 spiro atoms. The number of para-hydroxylation sites is 1. The summed E-state index contributed by atoms with van der Waals surface area (Å²) in [6, 6.07) is 19.6. The molecule has 0 N–H and O–H groups in total. The summed E-state index contributed by atoms with van der Waals surface area (Å²) >= 11 is 0. The topological polar surface area (TPSA) is 62.7 Å². The highest BCUT2D eigenvalue weighted by atomic mass is 32.2.